The molecule has 20 heavy (non-hydrogen) atoms. The largest absolute Gasteiger partial charge is 0.394 e. The van der Waals surface area contributed by atoms with E-state index in [1.54, 1.807) is 24.3 Å². The van der Waals surface area contributed by atoms with Crippen molar-refractivity contribution in [2.24, 2.45) is 0 Å². The summed E-state index contributed by atoms with van der Waals surface area (Å²) in [5, 5.41) is 21.4. The number of amides is 2. The van der Waals surface area contributed by atoms with Crippen LogP contribution in [0, 0.1) is 0 Å². The lowest BCUT2D eigenvalue weighted by Gasteiger charge is -2.23. The number of rotatable bonds is 3. The van der Waals surface area contributed by atoms with E-state index in [9.17, 15) is 19.8 Å². The highest BCUT2D eigenvalue weighted by molar-refractivity contribution is 5.96. The number of ketones is 1. The van der Waals surface area contributed by atoms with Gasteiger partial charge < -0.3 is 20.4 Å². The monoisotopic (exact) mass is 278 g/mol. The summed E-state index contributed by atoms with van der Waals surface area (Å²) in [6.45, 7) is 1.47. The molecule has 2 amide bonds. The Morgan fingerprint density at radius 3 is 2.85 bits per heavy atom. The molecule has 6 heteroatoms. The molecule has 0 aromatic heterocycles. The van der Waals surface area contributed by atoms with Gasteiger partial charge in [0.1, 0.15) is 0 Å². The SMILES string of the molecule is CC(=O)c1cccc(NC(=O)N2C[C@H](O)C[C@@H]2CO)c1. The van der Waals surface area contributed by atoms with E-state index in [0.717, 1.165) is 0 Å². The number of urea groups is 1. The number of benzene rings is 1. The highest BCUT2D eigenvalue weighted by Crippen LogP contribution is 2.19. The number of aliphatic hydroxyl groups is 2. The molecule has 1 heterocycles. The van der Waals surface area contributed by atoms with Gasteiger partial charge in [-0.1, -0.05) is 12.1 Å². The van der Waals surface area contributed by atoms with Crippen LogP contribution in [-0.2, 0) is 0 Å². The molecule has 0 spiro atoms. The zero-order valence-electron chi connectivity index (χ0n) is 11.2. The molecule has 1 fully saturated rings. The Morgan fingerprint density at radius 1 is 1.45 bits per heavy atom. The fraction of sp³-hybridized carbons (Fsp3) is 0.429. The van der Waals surface area contributed by atoms with Gasteiger partial charge in [-0.2, -0.15) is 0 Å². The first-order valence-electron chi connectivity index (χ1n) is 6.49. The first-order valence-corrected chi connectivity index (χ1v) is 6.49. The number of anilines is 1. The maximum atomic E-state index is 12.1. The normalized spacial score (nSPS) is 21.9. The van der Waals surface area contributed by atoms with E-state index >= 15 is 0 Å². The number of β-amino-alcohol motifs (C(OH)–C–C–N with tert-alkyl or cyclic N) is 1. The van der Waals surface area contributed by atoms with Gasteiger partial charge in [0.15, 0.2) is 5.78 Å². The van der Waals surface area contributed by atoms with Crippen LogP contribution < -0.4 is 5.32 Å². The third-order valence-electron chi connectivity index (χ3n) is 3.38. The number of carbonyl (C=O) groups is 2. The first-order chi connectivity index (χ1) is 9.51. The van der Waals surface area contributed by atoms with Crippen LogP contribution in [0.25, 0.3) is 0 Å². The lowest BCUT2D eigenvalue weighted by molar-refractivity contribution is 0.101. The van der Waals surface area contributed by atoms with Gasteiger partial charge in [-0.15, -0.1) is 0 Å². The van der Waals surface area contributed by atoms with Crippen molar-refractivity contribution in [2.75, 3.05) is 18.5 Å². The van der Waals surface area contributed by atoms with Gasteiger partial charge >= 0.3 is 6.03 Å². The van der Waals surface area contributed by atoms with Crippen LogP contribution in [0.2, 0.25) is 0 Å². The van der Waals surface area contributed by atoms with E-state index in [-0.39, 0.29) is 31.0 Å². The van der Waals surface area contributed by atoms with Gasteiger partial charge in [-0.05, 0) is 25.5 Å². The highest BCUT2D eigenvalue weighted by Gasteiger charge is 2.33. The Bertz CT molecular complexity index is 518. The van der Waals surface area contributed by atoms with E-state index in [2.05, 4.69) is 5.32 Å². The van der Waals surface area contributed by atoms with Crippen molar-refractivity contribution in [1.82, 2.24) is 4.90 Å². The van der Waals surface area contributed by atoms with Crippen LogP contribution in [-0.4, -0.2) is 52.2 Å². The number of hydrogen-bond acceptors (Lipinski definition) is 4. The van der Waals surface area contributed by atoms with Crippen LogP contribution in [0.1, 0.15) is 23.7 Å². The molecule has 0 saturated carbocycles. The number of aliphatic hydroxyl groups excluding tert-OH is 2. The van der Waals surface area contributed by atoms with E-state index in [1.807, 2.05) is 0 Å². The molecule has 2 atom stereocenters. The van der Waals surface area contributed by atoms with Gasteiger partial charge in [-0.3, -0.25) is 4.79 Å². The molecule has 1 aliphatic rings. The maximum absolute atomic E-state index is 12.1. The minimum absolute atomic E-state index is 0.0778. The van der Waals surface area contributed by atoms with Crippen molar-refractivity contribution in [3.63, 3.8) is 0 Å². The van der Waals surface area contributed by atoms with Crippen molar-refractivity contribution in [3.05, 3.63) is 29.8 Å². The average Bonchev–Trinajstić information content (AvgIpc) is 2.80. The number of likely N-dealkylation sites (tertiary alicyclic amines) is 1. The highest BCUT2D eigenvalue weighted by atomic mass is 16.3. The van der Waals surface area contributed by atoms with Crippen LogP contribution >= 0.6 is 0 Å². The fourth-order valence-corrected chi connectivity index (χ4v) is 2.33. The molecule has 108 valence electrons. The lowest BCUT2D eigenvalue weighted by atomic mass is 10.1. The Kier molecular flexibility index (Phi) is 4.36. The quantitative estimate of drug-likeness (QED) is 0.715. The summed E-state index contributed by atoms with van der Waals surface area (Å²) < 4.78 is 0. The minimum atomic E-state index is -0.610. The second kappa shape index (κ2) is 6.02. The van der Waals surface area contributed by atoms with Crippen LogP contribution in [0.15, 0.2) is 24.3 Å². The number of carbonyl (C=O) groups excluding carboxylic acids is 2. The summed E-state index contributed by atoms with van der Waals surface area (Å²) in [5.41, 5.74) is 1.03. The first kappa shape index (κ1) is 14.5. The van der Waals surface area contributed by atoms with E-state index in [0.29, 0.717) is 17.7 Å². The Balaban J connectivity index is 2.08. The molecular weight excluding hydrogens is 260 g/mol. The second-order valence-corrected chi connectivity index (χ2v) is 4.95. The minimum Gasteiger partial charge on any atom is -0.394 e. The molecule has 0 aliphatic carbocycles. The molecule has 0 radical (unpaired) electrons. The third-order valence-corrected chi connectivity index (χ3v) is 3.38. The van der Waals surface area contributed by atoms with E-state index < -0.39 is 6.10 Å². The second-order valence-electron chi connectivity index (χ2n) is 4.95. The smallest absolute Gasteiger partial charge is 0.322 e. The van der Waals surface area contributed by atoms with Crippen molar-refractivity contribution in [3.8, 4) is 0 Å². The molecule has 0 unspecified atom stereocenters. The lowest BCUT2D eigenvalue weighted by Crippen LogP contribution is -2.40. The summed E-state index contributed by atoms with van der Waals surface area (Å²) in [6.07, 6.45) is -0.237. The van der Waals surface area contributed by atoms with Crippen molar-refractivity contribution >= 4 is 17.5 Å². The Labute approximate surface area is 117 Å². The summed E-state index contributed by atoms with van der Waals surface area (Å²) in [7, 11) is 0. The molecule has 1 aromatic rings. The van der Waals surface area contributed by atoms with Gasteiger partial charge in [0, 0.05) is 17.8 Å². The predicted molar refractivity (Wildman–Crippen MR) is 73.7 cm³/mol. The molecule has 6 nitrogen and oxygen atoms in total. The zero-order chi connectivity index (χ0) is 14.7. The van der Waals surface area contributed by atoms with E-state index in [1.165, 1.54) is 11.8 Å². The molecule has 1 saturated heterocycles. The Hall–Kier alpha value is -1.92. The molecule has 0 bridgehead atoms. The number of nitrogens with zero attached hydrogens (tertiary/aromatic N) is 1. The van der Waals surface area contributed by atoms with Crippen LogP contribution in [0.3, 0.4) is 0 Å². The summed E-state index contributed by atoms with van der Waals surface area (Å²) >= 11 is 0. The molecule has 1 aliphatic heterocycles. The van der Waals surface area contributed by atoms with Gasteiger partial charge in [-0.25, -0.2) is 4.79 Å². The molecule has 1 aromatic carbocycles. The number of Topliss-reactive ketones (excluding diaryl/α,β-unsaturated/α-hetero) is 1. The van der Waals surface area contributed by atoms with Gasteiger partial charge in [0.25, 0.3) is 0 Å². The fourth-order valence-electron chi connectivity index (χ4n) is 2.33. The van der Waals surface area contributed by atoms with E-state index in [4.69, 9.17) is 0 Å². The third kappa shape index (κ3) is 3.15. The summed E-state index contributed by atoms with van der Waals surface area (Å²) in [4.78, 5) is 24.8. The molecular formula is C14H18N2O4. The van der Waals surface area contributed by atoms with Crippen molar-refractivity contribution in [2.45, 2.75) is 25.5 Å². The van der Waals surface area contributed by atoms with Gasteiger partial charge in [0.05, 0.1) is 18.8 Å². The van der Waals surface area contributed by atoms with Gasteiger partial charge in [0.2, 0.25) is 0 Å². The van der Waals surface area contributed by atoms with Crippen LogP contribution in [0.4, 0.5) is 10.5 Å². The number of nitrogens with one attached hydrogen (secondary N) is 1. The molecule has 3 N–H and O–H groups in total. The maximum Gasteiger partial charge on any atom is 0.322 e. The Morgan fingerprint density at radius 2 is 2.20 bits per heavy atom. The van der Waals surface area contributed by atoms with Crippen molar-refractivity contribution in [1.29, 1.82) is 0 Å². The summed E-state index contributed by atoms with van der Waals surface area (Å²) in [5.74, 6) is -0.0778. The molecule has 2 rings (SSSR count). The standard InChI is InChI=1S/C14H18N2O4/c1-9(18)10-3-2-4-11(5-10)15-14(20)16-7-13(19)6-12(16)8-17/h2-5,12-13,17,19H,6-8H2,1H3,(H,15,20)/t12-,13-/m1/s1. The average molecular weight is 278 g/mol. The topological polar surface area (TPSA) is 89.9 Å². The van der Waals surface area contributed by atoms with Crippen LogP contribution in [0.5, 0.6) is 0 Å². The number of hydrogen-bond donors (Lipinski definition) is 3. The van der Waals surface area contributed by atoms with Crippen molar-refractivity contribution < 1.29 is 19.8 Å². The predicted octanol–water partition coefficient (Wildman–Crippen LogP) is 0.849. The zero-order valence-corrected chi connectivity index (χ0v) is 11.2. The summed E-state index contributed by atoms with van der Waals surface area (Å²) in [6, 6.07) is 5.89.